The first-order valence-electron chi connectivity index (χ1n) is 6.11. The number of allylic oxidation sites excluding steroid dienone is 1. The SMILES string of the molecule is CCN(CC)C(=O)NC1=C(C(=O)O)CCCC1. The molecule has 96 valence electrons. The van der Waals surface area contributed by atoms with Crippen LogP contribution in [0, 0.1) is 0 Å². The Hall–Kier alpha value is -1.52. The summed E-state index contributed by atoms with van der Waals surface area (Å²) in [6, 6.07) is -0.203. The van der Waals surface area contributed by atoms with Gasteiger partial charge in [-0.1, -0.05) is 0 Å². The zero-order valence-corrected chi connectivity index (χ0v) is 10.5. The van der Waals surface area contributed by atoms with E-state index in [9.17, 15) is 9.59 Å². The van der Waals surface area contributed by atoms with Crippen LogP contribution in [-0.4, -0.2) is 35.1 Å². The Morgan fingerprint density at radius 1 is 1.24 bits per heavy atom. The van der Waals surface area contributed by atoms with Crippen molar-refractivity contribution in [2.45, 2.75) is 39.5 Å². The summed E-state index contributed by atoms with van der Waals surface area (Å²) >= 11 is 0. The molecule has 2 N–H and O–H groups in total. The summed E-state index contributed by atoms with van der Waals surface area (Å²) in [5.74, 6) is -0.917. The number of hydrogen-bond acceptors (Lipinski definition) is 2. The largest absolute Gasteiger partial charge is 0.478 e. The van der Waals surface area contributed by atoms with E-state index in [0.29, 0.717) is 37.2 Å². The number of carboxylic acids is 1. The topological polar surface area (TPSA) is 69.6 Å². The number of nitrogens with zero attached hydrogens (tertiary/aromatic N) is 1. The highest BCUT2D eigenvalue weighted by atomic mass is 16.4. The highest BCUT2D eigenvalue weighted by Crippen LogP contribution is 2.23. The zero-order chi connectivity index (χ0) is 12.8. The summed E-state index contributed by atoms with van der Waals surface area (Å²) in [7, 11) is 0. The standard InChI is InChI=1S/C12H20N2O3/c1-3-14(4-2)12(17)13-10-8-6-5-7-9(10)11(15)16/h3-8H2,1-2H3,(H,13,17)(H,15,16). The summed E-state index contributed by atoms with van der Waals surface area (Å²) in [4.78, 5) is 24.5. The van der Waals surface area contributed by atoms with E-state index >= 15 is 0 Å². The minimum absolute atomic E-state index is 0.203. The Labute approximate surface area is 101 Å². The molecule has 1 rings (SSSR count). The first-order chi connectivity index (χ1) is 8.10. The highest BCUT2D eigenvalue weighted by molar-refractivity contribution is 5.89. The van der Waals surface area contributed by atoms with Crippen molar-refractivity contribution < 1.29 is 14.7 Å². The molecule has 0 atom stereocenters. The molecule has 5 nitrogen and oxygen atoms in total. The predicted molar refractivity (Wildman–Crippen MR) is 64.6 cm³/mol. The van der Waals surface area contributed by atoms with E-state index in [1.807, 2.05) is 13.8 Å². The van der Waals surface area contributed by atoms with Crippen LogP contribution in [-0.2, 0) is 4.79 Å². The van der Waals surface area contributed by atoms with E-state index in [-0.39, 0.29) is 6.03 Å². The van der Waals surface area contributed by atoms with Crippen molar-refractivity contribution in [3.63, 3.8) is 0 Å². The molecule has 0 fully saturated rings. The van der Waals surface area contributed by atoms with Gasteiger partial charge in [0, 0.05) is 18.8 Å². The lowest BCUT2D eigenvalue weighted by Crippen LogP contribution is -2.40. The van der Waals surface area contributed by atoms with Gasteiger partial charge in [-0.05, 0) is 39.5 Å². The first kappa shape index (κ1) is 13.5. The predicted octanol–water partition coefficient (Wildman–Crippen LogP) is 1.95. The Morgan fingerprint density at radius 2 is 1.82 bits per heavy atom. The summed E-state index contributed by atoms with van der Waals surface area (Å²) in [5, 5.41) is 11.8. The fourth-order valence-corrected chi connectivity index (χ4v) is 2.00. The van der Waals surface area contributed by atoms with Crippen molar-refractivity contribution in [1.29, 1.82) is 0 Å². The van der Waals surface area contributed by atoms with Gasteiger partial charge < -0.3 is 15.3 Å². The Morgan fingerprint density at radius 3 is 2.35 bits per heavy atom. The lowest BCUT2D eigenvalue weighted by Gasteiger charge is -2.23. The van der Waals surface area contributed by atoms with E-state index in [0.717, 1.165) is 12.8 Å². The van der Waals surface area contributed by atoms with Crippen molar-refractivity contribution in [3.05, 3.63) is 11.3 Å². The molecule has 0 aromatic rings. The second-order valence-electron chi connectivity index (χ2n) is 4.07. The Kier molecular flexibility index (Phi) is 5.00. The number of carbonyl (C=O) groups excluding carboxylic acids is 1. The van der Waals surface area contributed by atoms with Crippen molar-refractivity contribution in [1.82, 2.24) is 10.2 Å². The molecule has 0 radical (unpaired) electrons. The van der Waals surface area contributed by atoms with E-state index in [1.54, 1.807) is 4.90 Å². The molecule has 0 unspecified atom stereocenters. The van der Waals surface area contributed by atoms with Crippen LogP contribution >= 0.6 is 0 Å². The summed E-state index contributed by atoms with van der Waals surface area (Å²) in [6.07, 6.45) is 3.01. The molecule has 0 aromatic heterocycles. The van der Waals surface area contributed by atoms with Crippen molar-refractivity contribution >= 4 is 12.0 Å². The highest BCUT2D eigenvalue weighted by Gasteiger charge is 2.21. The van der Waals surface area contributed by atoms with Crippen LogP contribution in [0.25, 0.3) is 0 Å². The Bertz CT molecular complexity index is 333. The first-order valence-corrected chi connectivity index (χ1v) is 6.11. The molecule has 1 aliphatic carbocycles. The summed E-state index contributed by atoms with van der Waals surface area (Å²) < 4.78 is 0. The number of carboxylic acid groups (broad SMARTS) is 1. The molecule has 0 heterocycles. The number of urea groups is 1. The minimum atomic E-state index is -0.917. The second-order valence-corrected chi connectivity index (χ2v) is 4.07. The third kappa shape index (κ3) is 3.47. The van der Waals surface area contributed by atoms with Crippen LogP contribution in [0.1, 0.15) is 39.5 Å². The van der Waals surface area contributed by atoms with Gasteiger partial charge in [-0.3, -0.25) is 0 Å². The molecular weight excluding hydrogens is 220 g/mol. The molecule has 0 saturated heterocycles. The number of rotatable bonds is 4. The lowest BCUT2D eigenvalue weighted by atomic mass is 9.96. The van der Waals surface area contributed by atoms with Crippen molar-refractivity contribution in [2.75, 3.05) is 13.1 Å². The minimum Gasteiger partial charge on any atom is -0.478 e. The molecule has 0 saturated carbocycles. The van der Waals surface area contributed by atoms with Gasteiger partial charge in [0.15, 0.2) is 0 Å². The van der Waals surface area contributed by atoms with Gasteiger partial charge in [0.05, 0.1) is 5.57 Å². The number of carbonyl (C=O) groups is 2. The van der Waals surface area contributed by atoms with Gasteiger partial charge in [-0.25, -0.2) is 9.59 Å². The molecule has 2 amide bonds. The van der Waals surface area contributed by atoms with Gasteiger partial charge in [-0.2, -0.15) is 0 Å². The van der Waals surface area contributed by atoms with E-state index in [4.69, 9.17) is 5.11 Å². The number of nitrogens with one attached hydrogen (secondary N) is 1. The third-order valence-electron chi connectivity index (χ3n) is 3.03. The summed E-state index contributed by atoms with van der Waals surface area (Å²) in [5.41, 5.74) is 0.942. The third-order valence-corrected chi connectivity index (χ3v) is 3.03. The molecule has 0 aliphatic heterocycles. The average Bonchev–Trinajstić information content (AvgIpc) is 2.31. The number of aliphatic carboxylic acids is 1. The Balaban J connectivity index is 2.77. The van der Waals surface area contributed by atoms with Crippen LogP contribution in [0.5, 0.6) is 0 Å². The number of amides is 2. The fraction of sp³-hybridized carbons (Fsp3) is 0.667. The summed E-state index contributed by atoms with van der Waals surface area (Å²) in [6.45, 7) is 5.04. The molecule has 5 heteroatoms. The van der Waals surface area contributed by atoms with Crippen LogP contribution in [0.15, 0.2) is 11.3 Å². The van der Waals surface area contributed by atoms with E-state index in [1.165, 1.54) is 0 Å². The van der Waals surface area contributed by atoms with Gasteiger partial charge in [0.2, 0.25) is 0 Å². The number of hydrogen-bond donors (Lipinski definition) is 2. The molecule has 1 aliphatic rings. The van der Waals surface area contributed by atoms with Crippen LogP contribution in [0.4, 0.5) is 4.79 Å². The van der Waals surface area contributed by atoms with Gasteiger partial charge in [0.25, 0.3) is 0 Å². The van der Waals surface area contributed by atoms with Crippen molar-refractivity contribution in [2.24, 2.45) is 0 Å². The lowest BCUT2D eigenvalue weighted by molar-refractivity contribution is -0.133. The van der Waals surface area contributed by atoms with Gasteiger partial charge in [-0.15, -0.1) is 0 Å². The maximum atomic E-state index is 11.8. The molecule has 0 aromatic carbocycles. The van der Waals surface area contributed by atoms with Crippen LogP contribution < -0.4 is 5.32 Å². The van der Waals surface area contributed by atoms with Crippen LogP contribution in [0.2, 0.25) is 0 Å². The van der Waals surface area contributed by atoms with Gasteiger partial charge in [0.1, 0.15) is 0 Å². The average molecular weight is 240 g/mol. The fourth-order valence-electron chi connectivity index (χ4n) is 2.00. The van der Waals surface area contributed by atoms with Crippen molar-refractivity contribution in [3.8, 4) is 0 Å². The maximum absolute atomic E-state index is 11.8. The zero-order valence-electron chi connectivity index (χ0n) is 10.5. The maximum Gasteiger partial charge on any atom is 0.333 e. The smallest absolute Gasteiger partial charge is 0.333 e. The monoisotopic (exact) mass is 240 g/mol. The second kappa shape index (κ2) is 6.27. The quantitative estimate of drug-likeness (QED) is 0.789. The molecule has 0 bridgehead atoms. The molecule has 17 heavy (non-hydrogen) atoms. The normalized spacial score (nSPS) is 15.6. The molecule has 0 spiro atoms. The van der Waals surface area contributed by atoms with E-state index in [2.05, 4.69) is 5.32 Å². The van der Waals surface area contributed by atoms with Gasteiger partial charge >= 0.3 is 12.0 Å². The van der Waals surface area contributed by atoms with E-state index < -0.39 is 5.97 Å². The molecular formula is C12H20N2O3. The van der Waals surface area contributed by atoms with Crippen LogP contribution in [0.3, 0.4) is 0 Å².